The first-order valence-corrected chi connectivity index (χ1v) is 5.99. The minimum atomic E-state index is -0.414. The zero-order valence-electron chi connectivity index (χ0n) is 9.43. The lowest BCUT2D eigenvalue weighted by Crippen LogP contribution is -2.45. The molecule has 3 atom stereocenters. The Kier molecular flexibility index (Phi) is 3.66. The van der Waals surface area contributed by atoms with Gasteiger partial charge in [0.15, 0.2) is 0 Å². The summed E-state index contributed by atoms with van der Waals surface area (Å²) in [5.74, 6) is -0.0945. The van der Waals surface area contributed by atoms with Crippen LogP contribution in [0.5, 0.6) is 0 Å². The van der Waals surface area contributed by atoms with Crippen LogP contribution in [0.1, 0.15) is 25.7 Å². The molecule has 1 aliphatic heterocycles. The third-order valence-corrected chi connectivity index (χ3v) is 3.55. The van der Waals surface area contributed by atoms with Crippen molar-refractivity contribution >= 4 is 6.02 Å². The summed E-state index contributed by atoms with van der Waals surface area (Å²) in [5.41, 5.74) is 0. The van der Waals surface area contributed by atoms with Crippen LogP contribution in [-0.4, -0.2) is 53.0 Å². The maximum absolute atomic E-state index is 9.61. The average molecular weight is 228 g/mol. The topological polar surface area (TPSA) is 76.8 Å². The first-order valence-electron chi connectivity index (χ1n) is 5.99. The minimum Gasteiger partial charge on any atom is -0.462 e. The van der Waals surface area contributed by atoms with E-state index < -0.39 is 6.10 Å². The molecule has 0 spiro atoms. The van der Waals surface area contributed by atoms with Crippen molar-refractivity contribution in [3.05, 3.63) is 0 Å². The number of nitrogens with one attached hydrogen (secondary N) is 1. The van der Waals surface area contributed by atoms with Gasteiger partial charge in [0.25, 0.3) is 6.02 Å². The van der Waals surface area contributed by atoms with E-state index in [9.17, 15) is 5.11 Å². The monoisotopic (exact) mass is 228 g/mol. The van der Waals surface area contributed by atoms with Gasteiger partial charge in [0, 0.05) is 25.6 Å². The summed E-state index contributed by atoms with van der Waals surface area (Å²) in [4.78, 5) is 1.90. The van der Waals surface area contributed by atoms with Crippen LogP contribution in [0.2, 0.25) is 0 Å². The molecular weight excluding hydrogens is 208 g/mol. The number of aliphatic hydroxyl groups excluding tert-OH is 2. The molecule has 16 heavy (non-hydrogen) atoms. The van der Waals surface area contributed by atoms with Gasteiger partial charge in [-0.15, -0.1) is 0 Å². The normalized spacial score (nSPS) is 34.4. The third-order valence-electron chi connectivity index (χ3n) is 3.55. The van der Waals surface area contributed by atoms with Gasteiger partial charge in [-0.05, 0) is 25.7 Å². The minimum absolute atomic E-state index is 0.00191. The average Bonchev–Trinajstić information content (AvgIpc) is 2.18. The van der Waals surface area contributed by atoms with Crippen LogP contribution in [0.25, 0.3) is 0 Å². The lowest BCUT2D eigenvalue weighted by atomic mass is 9.85. The highest BCUT2D eigenvalue weighted by atomic mass is 16.5. The highest BCUT2D eigenvalue weighted by molar-refractivity contribution is 5.71. The Labute approximate surface area is 95.5 Å². The summed E-state index contributed by atoms with van der Waals surface area (Å²) in [6, 6.07) is 0.254. The summed E-state index contributed by atoms with van der Waals surface area (Å²) >= 11 is 0. The molecule has 3 N–H and O–H groups in total. The van der Waals surface area contributed by atoms with Crippen LogP contribution in [0.3, 0.4) is 0 Å². The predicted octanol–water partition coefficient (Wildman–Crippen LogP) is 0.165. The smallest absolute Gasteiger partial charge is 0.284 e. The SMILES string of the molecule is N=C(O[C@@H]1CC[C@H](O)C(CO)C1)N1CCC1. The zero-order valence-corrected chi connectivity index (χ0v) is 9.43. The number of aliphatic hydroxyl groups is 2. The van der Waals surface area contributed by atoms with E-state index >= 15 is 0 Å². The lowest BCUT2D eigenvalue weighted by molar-refractivity contribution is -0.0175. The van der Waals surface area contributed by atoms with Crippen molar-refractivity contribution in [1.82, 2.24) is 4.90 Å². The van der Waals surface area contributed by atoms with Crippen LogP contribution in [0.15, 0.2) is 0 Å². The molecule has 2 fully saturated rings. The Bertz CT molecular complexity index is 256. The Morgan fingerprint density at radius 1 is 1.38 bits per heavy atom. The van der Waals surface area contributed by atoms with Gasteiger partial charge in [-0.25, -0.2) is 0 Å². The van der Waals surface area contributed by atoms with Crippen LogP contribution in [0, 0.1) is 11.3 Å². The third kappa shape index (κ3) is 2.47. The van der Waals surface area contributed by atoms with Crippen LogP contribution < -0.4 is 0 Å². The first kappa shape index (κ1) is 11.7. The van der Waals surface area contributed by atoms with Crippen molar-refractivity contribution in [2.24, 2.45) is 5.92 Å². The van der Waals surface area contributed by atoms with Crippen molar-refractivity contribution in [2.45, 2.75) is 37.9 Å². The summed E-state index contributed by atoms with van der Waals surface area (Å²) in [6.45, 7) is 1.83. The van der Waals surface area contributed by atoms with Gasteiger partial charge in [-0.1, -0.05) is 0 Å². The van der Waals surface area contributed by atoms with E-state index in [1.54, 1.807) is 0 Å². The fourth-order valence-corrected chi connectivity index (χ4v) is 2.26. The molecule has 0 aromatic rings. The second-order valence-corrected chi connectivity index (χ2v) is 4.71. The van der Waals surface area contributed by atoms with Crippen molar-refractivity contribution in [1.29, 1.82) is 5.41 Å². The van der Waals surface area contributed by atoms with E-state index in [1.165, 1.54) is 0 Å². The number of hydrogen-bond acceptors (Lipinski definition) is 4. The Morgan fingerprint density at radius 3 is 2.69 bits per heavy atom. The molecule has 1 heterocycles. The molecule has 1 saturated heterocycles. The fourth-order valence-electron chi connectivity index (χ4n) is 2.26. The van der Waals surface area contributed by atoms with Crippen LogP contribution >= 0.6 is 0 Å². The maximum Gasteiger partial charge on any atom is 0.284 e. The maximum atomic E-state index is 9.61. The second kappa shape index (κ2) is 5.01. The molecule has 1 unspecified atom stereocenters. The number of ether oxygens (including phenoxy) is 1. The number of hydrogen-bond donors (Lipinski definition) is 3. The molecular formula is C11H20N2O3. The van der Waals surface area contributed by atoms with Gasteiger partial charge in [0.1, 0.15) is 6.10 Å². The highest BCUT2D eigenvalue weighted by Gasteiger charge is 2.31. The number of nitrogens with zero attached hydrogens (tertiary/aromatic N) is 1. The Balaban J connectivity index is 1.79. The quantitative estimate of drug-likeness (QED) is 0.465. The van der Waals surface area contributed by atoms with E-state index in [1.807, 2.05) is 4.90 Å². The van der Waals surface area contributed by atoms with E-state index in [-0.39, 0.29) is 24.7 Å². The van der Waals surface area contributed by atoms with Gasteiger partial charge in [-0.3, -0.25) is 5.41 Å². The molecule has 5 heteroatoms. The largest absolute Gasteiger partial charge is 0.462 e. The molecule has 2 aliphatic rings. The number of amidine groups is 1. The molecule has 0 aromatic heterocycles. The Morgan fingerprint density at radius 2 is 2.12 bits per heavy atom. The zero-order chi connectivity index (χ0) is 11.5. The molecule has 0 aromatic carbocycles. The molecule has 0 radical (unpaired) electrons. The van der Waals surface area contributed by atoms with E-state index in [0.717, 1.165) is 25.9 Å². The molecule has 0 amide bonds. The van der Waals surface area contributed by atoms with Crippen molar-refractivity contribution in [3.8, 4) is 0 Å². The van der Waals surface area contributed by atoms with E-state index in [0.29, 0.717) is 12.8 Å². The Hall–Kier alpha value is -0.810. The van der Waals surface area contributed by atoms with Gasteiger partial charge in [-0.2, -0.15) is 0 Å². The molecule has 1 saturated carbocycles. The fraction of sp³-hybridized carbons (Fsp3) is 0.909. The van der Waals surface area contributed by atoms with Gasteiger partial charge in [0.2, 0.25) is 0 Å². The van der Waals surface area contributed by atoms with E-state index in [4.69, 9.17) is 15.3 Å². The van der Waals surface area contributed by atoms with Gasteiger partial charge < -0.3 is 19.8 Å². The van der Waals surface area contributed by atoms with Crippen molar-refractivity contribution in [2.75, 3.05) is 19.7 Å². The number of rotatable bonds is 2. The van der Waals surface area contributed by atoms with Crippen LogP contribution in [-0.2, 0) is 4.74 Å². The van der Waals surface area contributed by atoms with Crippen molar-refractivity contribution < 1.29 is 14.9 Å². The van der Waals surface area contributed by atoms with Gasteiger partial charge in [0.05, 0.1) is 6.10 Å². The van der Waals surface area contributed by atoms with Crippen molar-refractivity contribution in [3.63, 3.8) is 0 Å². The summed E-state index contributed by atoms with van der Waals surface area (Å²) in [7, 11) is 0. The van der Waals surface area contributed by atoms with Crippen LogP contribution in [0.4, 0.5) is 0 Å². The summed E-state index contributed by atoms with van der Waals surface area (Å²) in [5, 5.41) is 26.4. The predicted molar refractivity (Wildman–Crippen MR) is 59.2 cm³/mol. The molecule has 2 rings (SSSR count). The summed E-state index contributed by atoms with van der Waals surface area (Å²) < 4.78 is 5.56. The molecule has 1 aliphatic carbocycles. The lowest BCUT2D eigenvalue weighted by Gasteiger charge is -2.37. The highest BCUT2D eigenvalue weighted by Crippen LogP contribution is 2.27. The van der Waals surface area contributed by atoms with E-state index in [2.05, 4.69) is 0 Å². The standard InChI is InChI=1S/C11H20N2O3/c12-11(13-4-1-5-13)16-9-2-3-10(15)8(6-9)7-14/h8-10,12,14-15H,1-7H2/t8?,9-,10+/m1/s1. The van der Waals surface area contributed by atoms with Gasteiger partial charge >= 0.3 is 0 Å². The molecule has 5 nitrogen and oxygen atoms in total. The molecule has 0 bridgehead atoms. The summed E-state index contributed by atoms with van der Waals surface area (Å²) in [6.07, 6.45) is 2.77. The second-order valence-electron chi connectivity index (χ2n) is 4.71. The first-order chi connectivity index (χ1) is 7.70. The number of likely N-dealkylation sites (tertiary alicyclic amines) is 1. The molecule has 92 valence electrons.